The van der Waals surface area contributed by atoms with E-state index in [1.807, 2.05) is 24.3 Å². The molecule has 0 aromatic heterocycles. The maximum Gasteiger partial charge on any atom is 0.330 e. The lowest BCUT2D eigenvalue weighted by molar-refractivity contribution is -0.137. The summed E-state index contributed by atoms with van der Waals surface area (Å²) in [7, 11) is 0. The van der Waals surface area contributed by atoms with Crippen molar-refractivity contribution in [3.8, 4) is 5.75 Å². The Hall–Kier alpha value is -1.77. The van der Waals surface area contributed by atoms with Crippen molar-refractivity contribution in [3.63, 3.8) is 0 Å². The highest BCUT2D eigenvalue weighted by Crippen LogP contribution is 2.16. The Morgan fingerprint density at radius 1 is 0.821 bits per heavy atom. The number of esters is 1. The summed E-state index contributed by atoms with van der Waals surface area (Å²) in [6, 6.07) is 7.85. The van der Waals surface area contributed by atoms with Gasteiger partial charge in [0, 0.05) is 6.08 Å². The van der Waals surface area contributed by atoms with Gasteiger partial charge in [0.15, 0.2) is 0 Å². The van der Waals surface area contributed by atoms with Crippen LogP contribution in [0.25, 0.3) is 6.08 Å². The fraction of sp³-hybridized carbons (Fsp3) is 0.640. The molecule has 0 aliphatic heterocycles. The SMILES string of the molecule is CCCCCCCCCCCCOc1cccc(C=CC(=O)OCCCC)c1. The normalized spacial score (nSPS) is 11.1. The molecule has 0 amide bonds. The summed E-state index contributed by atoms with van der Waals surface area (Å²) in [4.78, 5) is 11.6. The molecule has 1 rings (SSSR count). The van der Waals surface area contributed by atoms with E-state index in [1.165, 1.54) is 63.9 Å². The molecule has 0 unspecified atom stereocenters. The first-order valence-electron chi connectivity index (χ1n) is 11.3. The quantitative estimate of drug-likeness (QED) is 0.159. The molecule has 1 aromatic rings. The zero-order valence-electron chi connectivity index (χ0n) is 18.1. The van der Waals surface area contributed by atoms with E-state index in [0.717, 1.165) is 37.2 Å². The molecule has 0 heterocycles. The molecule has 0 aliphatic carbocycles. The monoisotopic (exact) mass is 388 g/mol. The number of hydrogen-bond donors (Lipinski definition) is 0. The van der Waals surface area contributed by atoms with Crippen molar-refractivity contribution in [1.29, 1.82) is 0 Å². The molecule has 28 heavy (non-hydrogen) atoms. The van der Waals surface area contributed by atoms with Gasteiger partial charge in [-0.25, -0.2) is 4.79 Å². The lowest BCUT2D eigenvalue weighted by Gasteiger charge is -2.07. The summed E-state index contributed by atoms with van der Waals surface area (Å²) in [5.41, 5.74) is 0.952. The van der Waals surface area contributed by atoms with Crippen LogP contribution in [0.15, 0.2) is 30.3 Å². The molecule has 0 atom stereocenters. The van der Waals surface area contributed by atoms with Crippen LogP contribution in [-0.4, -0.2) is 19.2 Å². The molecule has 0 bridgehead atoms. The van der Waals surface area contributed by atoms with Crippen molar-refractivity contribution in [2.24, 2.45) is 0 Å². The van der Waals surface area contributed by atoms with Crippen LogP contribution in [0.5, 0.6) is 5.75 Å². The van der Waals surface area contributed by atoms with Crippen molar-refractivity contribution < 1.29 is 14.3 Å². The fourth-order valence-electron chi connectivity index (χ4n) is 3.02. The second-order valence-corrected chi connectivity index (χ2v) is 7.46. The average molecular weight is 389 g/mol. The lowest BCUT2D eigenvalue weighted by Crippen LogP contribution is -2.01. The van der Waals surface area contributed by atoms with E-state index in [1.54, 1.807) is 6.08 Å². The third-order valence-electron chi connectivity index (χ3n) is 4.78. The van der Waals surface area contributed by atoms with Crippen LogP contribution >= 0.6 is 0 Å². The van der Waals surface area contributed by atoms with Crippen LogP contribution in [0.4, 0.5) is 0 Å². The molecule has 3 heteroatoms. The van der Waals surface area contributed by atoms with Gasteiger partial charge >= 0.3 is 5.97 Å². The van der Waals surface area contributed by atoms with Crippen LogP contribution in [0.2, 0.25) is 0 Å². The minimum Gasteiger partial charge on any atom is -0.494 e. The molecule has 0 saturated heterocycles. The maximum atomic E-state index is 11.6. The van der Waals surface area contributed by atoms with E-state index in [0.29, 0.717) is 6.61 Å². The molecular formula is C25H40O3. The molecule has 0 N–H and O–H groups in total. The number of benzene rings is 1. The van der Waals surface area contributed by atoms with Gasteiger partial charge in [0.05, 0.1) is 13.2 Å². The van der Waals surface area contributed by atoms with Crippen LogP contribution in [0.1, 0.15) is 96.5 Å². The minimum absolute atomic E-state index is 0.287. The summed E-state index contributed by atoms with van der Waals surface area (Å²) in [5.74, 6) is 0.572. The van der Waals surface area contributed by atoms with E-state index >= 15 is 0 Å². The van der Waals surface area contributed by atoms with Gasteiger partial charge in [-0.05, 0) is 36.6 Å². The predicted molar refractivity (Wildman–Crippen MR) is 119 cm³/mol. The third-order valence-corrected chi connectivity index (χ3v) is 4.78. The highest BCUT2D eigenvalue weighted by molar-refractivity contribution is 5.87. The molecule has 3 nitrogen and oxygen atoms in total. The number of rotatable bonds is 17. The molecular weight excluding hydrogens is 348 g/mol. The Morgan fingerprint density at radius 2 is 1.46 bits per heavy atom. The average Bonchev–Trinajstić information content (AvgIpc) is 2.71. The van der Waals surface area contributed by atoms with Gasteiger partial charge in [-0.1, -0.05) is 90.2 Å². The minimum atomic E-state index is -0.287. The van der Waals surface area contributed by atoms with Crippen molar-refractivity contribution in [2.45, 2.75) is 90.9 Å². The van der Waals surface area contributed by atoms with Crippen LogP contribution < -0.4 is 4.74 Å². The number of carbonyl (C=O) groups is 1. The van der Waals surface area contributed by atoms with E-state index < -0.39 is 0 Å². The Bertz CT molecular complexity index is 536. The summed E-state index contributed by atoms with van der Waals surface area (Å²) in [6.07, 6.45) is 18.5. The summed E-state index contributed by atoms with van der Waals surface area (Å²) >= 11 is 0. The summed E-state index contributed by atoms with van der Waals surface area (Å²) < 4.78 is 11.0. The zero-order valence-corrected chi connectivity index (χ0v) is 18.1. The molecule has 0 aliphatic rings. The standard InChI is InChI=1S/C25H40O3/c1-3-5-7-8-9-10-11-12-13-14-21-27-24-17-15-16-23(22-24)18-19-25(26)28-20-6-4-2/h15-19,22H,3-14,20-21H2,1-2H3. The van der Waals surface area contributed by atoms with Crippen molar-refractivity contribution >= 4 is 12.0 Å². The lowest BCUT2D eigenvalue weighted by atomic mass is 10.1. The highest BCUT2D eigenvalue weighted by atomic mass is 16.5. The molecule has 1 aromatic carbocycles. The summed E-state index contributed by atoms with van der Waals surface area (Å²) in [5, 5.41) is 0. The largest absolute Gasteiger partial charge is 0.494 e. The summed E-state index contributed by atoms with van der Waals surface area (Å²) in [6.45, 7) is 5.58. The van der Waals surface area contributed by atoms with Crippen LogP contribution in [0.3, 0.4) is 0 Å². The fourth-order valence-corrected chi connectivity index (χ4v) is 3.02. The first-order chi connectivity index (χ1) is 13.8. The van der Waals surface area contributed by atoms with Gasteiger partial charge in [-0.15, -0.1) is 0 Å². The van der Waals surface area contributed by atoms with Crippen molar-refractivity contribution in [1.82, 2.24) is 0 Å². The molecule has 158 valence electrons. The Labute approximate surface area is 172 Å². The van der Waals surface area contributed by atoms with Gasteiger partial charge in [-0.2, -0.15) is 0 Å². The molecule has 0 saturated carbocycles. The van der Waals surface area contributed by atoms with E-state index in [-0.39, 0.29) is 5.97 Å². The second kappa shape index (κ2) is 17.3. The van der Waals surface area contributed by atoms with Gasteiger partial charge in [0.2, 0.25) is 0 Å². The first kappa shape index (κ1) is 24.3. The Morgan fingerprint density at radius 3 is 2.14 bits per heavy atom. The Kier molecular flexibility index (Phi) is 15.0. The first-order valence-corrected chi connectivity index (χ1v) is 11.3. The predicted octanol–water partition coefficient (Wildman–Crippen LogP) is 7.34. The van der Waals surface area contributed by atoms with E-state index in [9.17, 15) is 4.79 Å². The maximum absolute atomic E-state index is 11.6. The number of hydrogen-bond acceptors (Lipinski definition) is 3. The van der Waals surface area contributed by atoms with Crippen LogP contribution in [0, 0.1) is 0 Å². The van der Waals surface area contributed by atoms with Crippen LogP contribution in [-0.2, 0) is 9.53 Å². The Balaban J connectivity index is 2.12. The third kappa shape index (κ3) is 13.4. The second-order valence-electron chi connectivity index (χ2n) is 7.46. The van der Waals surface area contributed by atoms with Gasteiger partial charge in [0.1, 0.15) is 5.75 Å². The topological polar surface area (TPSA) is 35.5 Å². The smallest absolute Gasteiger partial charge is 0.330 e. The van der Waals surface area contributed by atoms with Gasteiger partial charge < -0.3 is 9.47 Å². The zero-order chi connectivity index (χ0) is 20.3. The van der Waals surface area contributed by atoms with E-state index in [4.69, 9.17) is 9.47 Å². The van der Waals surface area contributed by atoms with Gasteiger partial charge in [-0.3, -0.25) is 0 Å². The van der Waals surface area contributed by atoms with E-state index in [2.05, 4.69) is 13.8 Å². The number of unbranched alkanes of at least 4 members (excludes halogenated alkanes) is 10. The molecule has 0 fully saturated rings. The van der Waals surface area contributed by atoms with Gasteiger partial charge in [0.25, 0.3) is 0 Å². The molecule has 0 spiro atoms. The number of ether oxygens (including phenoxy) is 2. The highest BCUT2D eigenvalue weighted by Gasteiger charge is 1.99. The molecule has 0 radical (unpaired) electrons. The number of carbonyl (C=O) groups excluding carboxylic acids is 1. The van der Waals surface area contributed by atoms with Crippen molar-refractivity contribution in [2.75, 3.05) is 13.2 Å². The van der Waals surface area contributed by atoms with Crippen molar-refractivity contribution in [3.05, 3.63) is 35.9 Å².